The van der Waals surface area contributed by atoms with Gasteiger partial charge in [0.25, 0.3) is 0 Å². The lowest BCUT2D eigenvalue weighted by molar-refractivity contribution is 0.142. The maximum absolute atomic E-state index is 13.4. The molecule has 0 radical (unpaired) electrons. The van der Waals surface area contributed by atoms with Crippen molar-refractivity contribution in [1.29, 1.82) is 0 Å². The molecule has 0 aliphatic heterocycles. The molecule has 1 saturated carbocycles. The van der Waals surface area contributed by atoms with Gasteiger partial charge in [-0.1, -0.05) is 48.9 Å². The number of ether oxygens (including phenoxy) is 1. The number of sulfone groups is 1. The second-order valence-electron chi connectivity index (χ2n) is 7.22. The number of rotatable bonds is 7. The smallest absolute Gasteiger partial charge is 0.182 e. The van der Waals surface area contributed by atoms with E-state index >= 15 is 0 Å². The lowest BCUT2D eigenvalue weighted by Crippen LogP contribution is -2.28. The Labute approximate surface area is 156 Å². The summed E-state index contributed by atoms with van der Waals surface area (Å²) in [5.74, 6) is -0.148. The standard InChI is InChI=1S/C21H27NO3S/c1-4-16-7-9-17(10-8-16)19-20(21(19,13-22)14-25-3)26(23,24)18-11-5-15(2)6-12-18/h5-12,19-20H,4,13-14,22H2,1-3H3/t19-,20-,21-/m0/s1. The predicted molar refractivity (Wildman–Crippen MR) is 104 cm³/mol. The van der Waals surface area contributed by atoms with E-state index in [1.165, 1.54) is 5.56 Å². The highest BCUT2D eigenvalue weighted by Crippen LogP contribution is 2.63. The SMILES string of the molecule is CCc1ccc([C@H]2[C@H](S(=O)(=O)c3ccc(C)cc3)[C@@]2(CN)COC)cc1. The van der Waals surface area contributed by atoms with Crippen LogP contribution in [-0.4, -0.2) is 33.9 Å². The molecule has 0 unspecified atom stereocenters. The first-order valence-corrected chi connectivity index (χ1v) is 10.5. The van der Waals surface area contributed by atoms with Gasteiger partial charge in [-0.2, -0.15) is 0 Å². The van der Waals surface area contributed by atoms with Crippen LogP contribution in [0.15, 0.2) is 53.4 Å². The van der Waals surface area contributed by atoms with E-state index in [0.717, 1.165) is 17.5 Å². The van der Waals surface area contributed by atoms with E-state index in [1.54, 1.807) is 19.2 Å². The van der Waals surface area contributed by atoms with Gasteiger partial charge in [0.2, 0.25) is 0 Å². The van der Waals surface area contributed by atoms with Crippen molar-refractivity contribution >= 4 is 9.84 Å². The quantitative estimate of drug-likeness (QED) is 0.810. The molecule has 1 fully saturated rings. The van der Waals surface area contributed by atoms with Gasteiger partial charge in [0.15, 0.2) is 9.84 Å². The van der Waals surface area contributed by atoms with E-state index in [-0.39, 0.29) is 12.5 Å². The van der Waals surface area contributed by atoms with Crippen LogP contribution in [0.4, 0.5) is 0 Å². The molecule has 2 N–H and O–H groups in total. The molecule has 0 spiro atoms. The van der Waals surface area contributed by atoms with Crippen molar-refractivity contribution in [3.63, 3.8) is 0 Å². The number of aryl methyl sites for hydroxylation is 2. The Morgan fingerprint density at radius 3 is 2.19 bits per heavy atom. The Morgan fingerprint density at radius 1 is 1.08 bits per heavy atom. The van der Waals surface area contributed by atoms with Crippen LogP contribution in [0.2, 0.25) is 0 Å². The molecule has 3 atom stereocenters. The first-order chi connectivity index (χ1) is 12.4. The van der Waals surface area contributed by atoms with Crippen molar-refractivity contribution in [2.45, 2.75) is 36.3 Å². The second-order valence-corrected chi connectivity index (χ2v) is 9.29. The maximum Gasteiger partial charge on any atom is 0.182 e. The monoisotopic (exact) mass is 373 g/mol. The average Bonchev–Trinajstić information content (AvgIpc) is 3.32. The number of nitrogens with two attached hydrogens (primary N) is 1. The Hall–Kier alpha value is -1.69. The molecule has 0 amide bonds. The third-order valence-corrected chi connectivity index (χ3v) is 7.94. The summed E-state index contributed by atoms with van der Waals surface area (Å²) in [6.45, 7) is 4.66. The summed E-state index contributed by atoms with van der Waals surface area (Å²) in [5.41, 5.74) is 8.79. The van der Waals surface area contributed by atoms with E-state index in [2.05, 4.69) is 19.1 Å². The number of methoxy groups -OCH3 is 1. The molecule has 0 saturated heterocycles. The third-order valence-electron chi connectivity index (χ3n) is 5.60. The molecule has 140 valence electrons. The molecular weight excluding hydrogens is 346 g/mol. The number of benzene rings is 2. The van der Waals surface area contributed by atoms with Crippen LogP contribution in [0.25, 0.3) is 0 Å². The van der Waals surface area contributed by atoms with Crippen molar-refractivity contribution in [3.8, 4) is 0 Å². The van der Waals surface area contributed by atoms with Crippen LogP contribution in [0.3, 0.4) is 0 Å². The van der Waals surface area contributed by atoms with Crippen LogP contribution >= 0.6 is 0 Å². The van der Waals surface area contributed by atoms with Gasteiger partial charge in [-0.3, -0.25) is 0 Å². The Bertz CT molecular complexity index is 859. The summed E-state index contributed by atoms with van der Waals surface area (Å²) in [6, 6.07) is 15.3. The summed E-state index contributed by atoms with van der Waals surface area (Å²) < 4.78 is 32.1. The first kappa shape index (κ1) is 19.1. The molecule has 0 aromatic heterocycles. The average molecular weight is 374 g/mol. The van der Waals surface area contributed by atoms with Crippen molar-refractivity contribution in [2.24, 2.45) is 11.1 Å². The number of hydrogen-bond acceptors (Lipinski definition) is 4. The fourth-order valence-corrected chi connectivity index (χ4v) is 6.47. The normalized spacial score (nSPS) is 25.2. The van der Waals surface area contributed by atoms with E-state index in [4.69, 9.17) is 10.5 Å². The molecule has 2 aromatic carbocycles. The first-order valence-electron chi connectivity index (χ1n) is 8.99. The van der Waals surface area contributed by atoms with Crippen LogP contribution in [0, 0.1) is 12.3 Å². The molecular formula is C21H27NO3S. The van der Waals surface area contributed by atoms with Gasteiger partial charge in [-0.15, -0.1) is 0 Å². The van der Waals surface area contributed by atoms with Crippen molar-refractivity contribution < 1.29 is 13.2 Å². The zero-order valence-corrected chi connectivity index (χ0v) is 16.4. The molecule has 0 heterocycles. The highest BCUT2D eigenvalue weighted by atomic mass is 32.2. The van der Waals surface area contributed by atoms with Gasteiger partial charge < -0.3 is 10.5 Å². The lowest BCUT2D eigenvalue weighted by atomic mass is 9.99. The fourth-order valence-electron chi connectivity index (χ4n) is 4.03. The highest BCUT2D eigenvalue weighted by molar-refractivity contribution is 7.92. The van der Waals surface area contributed by atoms with Gasteiger partial charge in [-0.05, 0) is 36.6 Å². The van der Waals surface area contributed by atoms with Gasteiger partial charge in [0, 0.05) is 25.0 Å². The van der Waals surface area contributed by atoms with Crippen LogP contribution in [0.1, 0.15) is 29.5 Å². The van der Waals surface area contributed by atoms with Gasteiger partial charge in [0.05, 0.1) is 16.8 Å². The molecule has 0 bridgehead atoms. The minimum Gasteiger partial charge on any atom is -0.384 e. The maximum atomic E-state index is 13.4. The Morgan fingerprint density at radius 2 is 1.69 bits per heavy atom. The molecule has 2 aromatic rings. The van der Waals surface area contributed by atoms with Crippen molar-refractivity contribution in [1.82, 2.24) is 0 Å². The molecule has 4 nitrogen and oxygen atoms in total. The fraction of sp³-hybridized carbons (Fsp3) is 0.429. The van der Waals surface area contributed by atoms with Crippen LogP contribution in [-0.2, 0) is 21.0 Å². The van der Waals surface area contributed by atoms with Crippen molar-refractivity contribution in [3.05, 3.63) is 65.2 Å². The molecule has 26 heavy (non-hydrogen) atoms. The van der Waals surface area contributed by atoms with E-state index in [9.17, 15) is 8.42 Å². The highest BCUT2D eigenvalue weighted by Gasteiger charge is 2.70. The third kappa shape index (κ3) is 3.08. The predicted octanol–water partition coefficient (Wildman–Crippen LogP) is 3.09. The largest absolute Gasteiger partial charge is 0.384 e. The minimum atomic E-state index is -3.50. The minimum absolute atomic E-state index is 0.148. The summed E-state index contributed by atoms with van der Waals surface area (Å²) >= 11 is 0. The molecule has 1 aliphatic carbocycles. The summed E-state index contributed by atoms with van der Waals surface area (Å²) in [6.07, 6.45) is 0.955. The topological polar surface area (TPSA) is 69.4 Å². The van der Waals surface area contributed by atoms with Crippen LogP contribution < -0.4 is 5.73 Å². The number of hydrogen-bond donors (Lipinski definition) is 1. The van der Waals surface area contributed by atoms with Gasteiger partial charge >= 0.3 is 0 Å². The van der Waals surface area contributed by atoms with Crippen LogP contribution in [0.5, 0.6) is 0 Å². The second kappa shape index (κ2) is 7.14. The van der Waals surface area contributed by atoms with E-state index in [0.29, 0.717) is 11.5 Å². The summed E-state index contributed by atoms with van der Waals surface area (Å²) in [4.78, 5) is 0.356. The molecule has 3 rings (SSSR count). The van der Waals surface area contributed by atoms with E-state index < -0.39 is 20.5 Å². The van der Waals surface area contributed by atoms with E-state index in [1.807, 2.05) is 31.2 Å². The molecule has 5 heteroatoms. The Balaban J connectivity index is 2.03. The Kier molecular flexibility index (Phi) is 5.24. The lowest BCUT2D eigenvalue weighted by Gasteiger charge is -2.15. The van der Waals surface area contributed by atoms with Gasteiger partial charge in [-0.25, -0.2) is 8.42 Å². The zero-order valence-electron chi connectivity index (χ0n) is 15.6. The van der Waals surface area contributed by atoms with Crippen molar-refractivity contribution in [2.75, 3.05) is 20.3 Å². The van der Waals surface area contributed by atoms with Gasteiger partial charge in [0.1, 0.15) is 0 Å². The summed E-state index contributed by atoms with van der Waals surface area (Å²) in [5, 5.41) is -0.560. The molecule has 1 aliphatic rings. The summed E-state index contributed by atoms with van der Waals surface area (Å²) in [7, 11) is -1.90. The zero-order chi connectivity index (χ0) is 18.9.